The number of aromatic amines is 2. The van der Waals surface area contributed by atoms with Crippen molar-refractivity contribution in [3.05, 3.63) is 38.8 Å². The van der Waals surface area contributed by atoms with E-state index in [1.54, 1.807) is 0 Å². The second kappa shape index (κ2) is 5.33. The third kappa shape index (κ3) is 2.56. The van der Waals surface area contributed by atoms with E-state index in [1.165, 1.54) is 12.1 Å². The standard InChI is InChI=1S/C14H17FN4O2/c1-2-18-3-5-19(6-4-18)12-7-9-11(8-10(12)15)16-14(21)17-13(9)20/h7-8H,2-6H2,1H3,(H2,16,17,20,21). The lowest BCUT2D eigenvalue weighted by atomic mass is 10.1. The Kier molecular flexibility index (Phi) is 3.50. The highest BCUT2D eigenvalue weighted by Crippen LogP contribution is 2.24. The molecule has 0 radical (unpaired) electrons. The van der Waals surface area contributed by atoms with Crippen LogP contribution in [-0.2, 0) is 0 Å². The van der Waals surface area contributed by atoms with Gasteiger partial charge in [-0.15, -0.1) is 0 Å². The number of piperazine rings is 1. The second-order valence-corrected chi connectivity index (χ2v) is 5.18. The Morgan fingerprint density at radius 3 is 2.52 bits per heavy atom. The van der Waals surface area contributed by atoms with Crippen molar-refractivity contribution in [2.75, 3.05) is 37.6 Å². The highest BCUT2D eigenvalue weighted by atomic mass is 19.1. The van der Waals surface area contributed by atoms with Crippen molar-refractivity contribution in [2.24, 2.45) is 0 Å². The van der Waals surface area contributed by atoms with E-state index in [1.807, 2.05) is 4.90 Å². The Morgan fingerprint density at radius 2 is 1.86 bits per heavy atom. The van der Waals surface area contributed by atoms with Crippen LogP contribution in [0.1, 0.15) is 6.92 Å². The molecule has 1 fully saturated rings. The fourth-order valence-corrected chi connectivity index (χ4v) is 2.72. The molecule has 0 atom stereocenters. The highest BCUT2D eigenvalue weighted by molar-refractivity contribution is 5.81. The lowest BCUT2D eigenvalue weighted by Gasteiger charge is -2.35. The van der Waals surface area contributed by atoms with E-state index >= 15 is 0 Å². The zero-order chi connectivity index (χ0) is 15.0. The molecule has 21 heavy (non-hydrogen) atoms. The summed E-state index contributed by atoms with van der Waals surface area (Å²) in [5.74, 6) is -0.423. The van der Waals surface area contributed by atoms with E-state index in [0.29, 0.717) is 11.1 Å². The number of aromatic nitrogens is 2. The van der Waals surface area contributed by atoms with Crippen LogP contribution in [0.25, 0.3) is 10.9 Å². The summed E-state index contributed by atoms with van der Waals surface area (Å²) >= 11 is 0. The Labute approximate surface area is 120 Å². The largest absolute Gasteiger partial charge is 0.367 e. The molecule has 7 heteroatoms. The molecule has 3 rings (SSSR count). The minimum Gasteiger partial charge on any atom is -0.367 e. The molecule has 0 saturated carbocycles. The van der Waals surface area contributed by atoms with E-state index in [9.17, 15) is 14.0 Å². The first-order chi connectivity index (χ1) is 10.1. The fourth-order valence-electron chi connectivity index (χ4n) is 2.72. The number of rotatable bonds is 2. The first-order valence-corrected chi connectivity index (χ1v) is 7.01. The predicted octanol–water partition coefficient (Wildman–Crippen LogP) is 0.497. The maximum atomic E-state index is 14.3. The minimum absolute atomic E-state index is 0.220. The van der Waals surface area contributed by atoms with E-state index in [0.717, 1.165) is 32.7 Å². The molecule has 1 saturated heterocycles. The second-order valence-electron chi connectivity index (χ2n) is 5.18. The summed E-state index contributed by atoms with van der Waals surface area (Å²) in [5.41, 5.74) is -0.494. The van der Waals surface area contributed by atoms with E-state index in [-0.39, 0.29) is 5.52 Å². The predicted molar refractivity (Wildman–Crippen MR) is 79.5 cm³/mol. The molecule has 1 aromatic carbocycles. The number of benzene rings is 1. The van der Waals surface area contributed by atoms with Crippen LogP contribution in [0.5, 0.6) is 0 Å². The quantitative estimate of drug-likeness (QED) is 0.845. The normalized spacial score (nSPS) is 16.6. The Balaban J connectivity index is 2.02. The number of fused-ring (bicyclic) bond motifs is 1. The van der Waals surface area contributed by atoms with Gasteiger partial charge >= 0.3 is 5.69 Å². The van der Waals surface area contributed by atoms with E-state index in [4.69, 9.17) is 0 Å². The maximum Gasteiger partial charge on any atom is 0.326 e. The van der Waals surface area contributed by atoms with Gasteiger partial charge in [0.15, 0.2) is 0 Å². The number of hydrogen-bond acceptors (Lipinski definition) is 4. The van der Waals surface area contributed by atoms with Crippen molar-refractivity contribution < 1.29 is 4.39 Å². The molecule has 2 aromatic rings. The molecule has 6 nitrogen and oxygen atoms in total. The first kappa shape index (κ1) is 13.8. The molecule has 0 spiro atoms. The van der Waals surface area contributed by atoms with E-state index in [2.05, 4.69) is 21.8 Å². The number of nitrogens with zero attached hydrogens (tertiary/aromatic N) is 2. The van der Waals surface area contributed by atoms with Crippen LogP contribution in [0, 0.1) is 5.82 Å². The summed E-state index contributed by atoms with van der Waals surface area (Å²) in [6.45, 7) is 6.26. The van der Waals surface area contributed by atoms with Gasteiger partial charge in [0.25, 0.3) is 5.56 Å². The lowest BCUT2D eigenvalue weighted by Crippen LogP contribution is -2.46. The van der Waals surface area contributed by atoms with Gasteiger partial charge in [0.1, 0.15) is 5.82 Å². The molecule has 1 aliphatic rings. The number of H-pyrrole nitrogens is 2. The summed E-state index contributed by atoms with van der Waals surface area (Å²) in [6, 6.07) is 2.73. The van der Waals surface area contributed by atoms with Crippen LogP contribution in [0.3, 0.4) is 0 Å². The monoisotopic (exact) mass is 292 g/mol. The zero-order valence-electron chi connectivity index (χ0n) is 11.8. The minimum atomic E-state index is -0.629. The molecule has 2 N–H and O–H groups in total. The third-order valence-electron chi connectivity index (χ3n) is 3.97. The Morgan fingerprint density at radius 1 is 1.14 bits per heavy atom. The summed E-state index contributed by atoms with van der Waals surface area (Å²) in [7, 11) is 0. The van der Waals surface area contributed by atoms with Crippen LogP contribution in [0.2, 0.25) is 0 Å². The van der Waals surface area contributed by atoms with Crippen LogP contribution < -0.4 is 16.1 Å². The Bertz CT molecular complexity index is 775. The summed E-state index contributed by atoms with van der Waals surface area (Å²) in [5, 5.41) is 0.295. The van der Waals surface area contributed by atoms with Gasteiger partial charge in [0.05, 0.1) is 16.6 Å². The number of nitrogens with one attached hydrogen (secondary N) is 2. The molecular weight excluding hydrogens is 275 g/mol. The van der Waals surface area contributed by atoms with Crippen molar-refractivity contribution in [1.82, 2.24) is 14.9 Å². The van der Waals surface area contributed by atoms with Crippen LogP contribution in [0.4, 0.5) is 10.1 Å². The van der Waals surface area contributed by atoms with Crippen LogP contribution in [-0.4, -0.2) is 47.6 Å². The van der Waals surface area contributed by atoms with Crippen molar-refractivity contribution in [3.63, 3.8) is 0 Å². The zero-order valence-corrected chi connectivity index (χ0v) is 11.8. The first-order valence-electron chi connectivity index (χ1n) is 7.01. The van der Waals surface area contributed by atoms with Gasteiger partial charge in [0, 0.05) is 32.2 Å². The number of likely N-dealkylation sites (N-methyl/N-ethyl adjacent to an activating group) is 1. The molecular formula is C14H17FN4O2. The van der Waals surface area contributed by atoms with Crippen LogP contribution in [0.15, 0.2) is 21.7 Å². The molecule has 112 valence electrons. The number of hydrogen-bond donors (Lipinski definition) is 2. The Hall–Kier alpha value is -2.15. The van der Waals surface area contributed by atoms with Crippen molar-refractivity contribution >= 4 is 16.6 Å². The average molecular weight is 292 g/mol. The molecule has 0 amide bonds. The van der Waals surface area contributed by atoms with Crippen LogP contribution >= 0.6 is 0 Å². The molecule has 0 unspecified atom stereocenters. The fraction of sp³-hybridized carbons (Fsp3) is 0.429. The molecule has 1 aliphatic heterocycles. The highest BCUT2D eigenvalue weighted by Gasteiger charge is 2.19. The van der Waals surface area contributed by atoms with Crippen molar-refractivity contribution in [1.29, 1.82) is 0 Å². The van der Waals surface area contributed by atoms with Gasteiger partial charge in [-0.25, -0.2) is 9.18 Å². The maximum absolute atomic E-state index is 14.3. The van der Waals surface area contributed by atoms with Gasteiger partial charge in [0.2, 0.25) is 0 Å². The third-order valence-corrected chi connectivity index (χ3v) is 3.97. The molecule has 0 aliphatic carbocycles. The van der Waals surface area contributed by atoms with Crippen molar-refractivity contribution in [2.45, 2.75) is 6.92 Å². The van der Waals surface area contributed by atoms with E-state index < -0.39 is 17.1 Å². The molecule has 2 heterocycles. The van der Waals surface area contributed by atoms with Gasteiger partial charge in [-0.1, -0.05) is 6.92 Å². The summed E-state index contributed by atoms with van der Waals surface area (Å²) in [4.78, 5) is 31.9. The van der Waals surface area contributed by atoms with Gasteiger partial charge in [-0.2, -0.15) is 0 Å². The molecule has 1 aromatic heterocycles. The van der Waals surface area contributed by atoms with Gasteiger partial charge in [-0.05, 0) is 12.6 Å². The summed E-state index contributed by atoms with van der Waals surface area (Å²) in [6.07, 6.45) is 0. The number of halogens is 1. The summed E-state index contributed by atoms with van der Waals surface area (Å²) < 4.78 is 14.3. The average Bonchev–Trinajstić information content (AvgIpc) is 2.46. The molecule has 0 bridgehead atoms. The van der Waals surface area contributed by atoms with Gasteiger partial charge < -0.3 is 14.8 Å². The van der Waals surface area contributed by atoms with Gasteiger partial charge in [-0.3, -0.25) is 9.78 Å². The smallest absolute Gasteiger partial charge is 0.326 e. The number of anilines is 1. The topological polar surface area (TPSA) is 72.2 Å². The van der Waals surface area contributed by atoms with Crippen molar-refractivity contribution in [3.8, 4) is 0 Å². The lowest BCUT2D eigenvalue weighted by molar-refractivity contribution is 0.270. The SMILES string of the molecule is CCN1CCN(c2cc3c(=O)[nH]c(=O)[nH]c3cc2F)CC1.